The number of hydrogen-bond donors (Lipinski definition) is 2. The van der Waals surface area contributed by atoms with Gasteiger partial charge in [-0.15, -0.1) is 0 Å². The summed E-state index contributed by atoms with van der Waals surface area (Å²) in [4.78, 5) is 11.6. The van der Waals surface area contributed by atoms with Crippen molar-refractivity contribution in [2.24, 2.45) is 10.8 Å². The van der Waals surface area contributed by atoms with Crippen molar-refractivity contribution >= 4 is 6.09 Å². The molecule has 4 nitrogen and oxygen atoms in total. The number of ether oxygens (including phenoxy) is 1. The molecule has 2 N–H and O–H groups in total. The zero-order chi connectivity index (χ0) is 12.7. The van der Waals surface area contributed by atoms with Gasteiger partial charge in [0.15, 0.2) is 0 Å². The van der Waals surface area contributed by atoms with Crippen molar-refractivity contribution in [3.05, 3.63) is 0 Å². The van der Waals surface area contributed by atoms with Gasteiger partial charge in [-0.3, -0.25) is 0 Å². The first-order valence-electron chi connectivity index (χ1n) is 6.40. The van der Waals surface area contributed by atoms with E-state index in [9.17, 15) is 9.90 Å². The van der Waals surface area contributed by atoms with E-state index in [0.717, 1.165) is 25.7 Å². The quantitative estimate of drug-likeness (QED) is 0.795. The fraction of sp³-hybridized carbons (Fsp3) is 0.923. The summed E-state index contributed by atoms with van der Waals surface area (Å²) >= 11 is 0. The van der Waals surface area contributed by atoms with Gasteiger partial charge < -0.3 is 15.2 Å². The normalized spacial score (nSPS) is 35.3. The Kier molecular flexibility index (Phi) is 2.89. The van der Waals surface area contributed by atoms with Crippen LogP contribution in [0.5, 0.6) is 0 Å². The number of rotatable bonds is 3. The molecule has 2 saturated carbocycles. The molecule has 2 aliphatic rings. The summed E-state index contributed by atoms with van der Waals surface area (Å²) in [6, 6.07) is 0. The van der Waals surface area contributed by atoms with Gasteiger partial charge >= 0.3 is 6.09 Å². The number of hydrogen-bond acceptors (Lipinski definition) is 3. The summed E-state index contributed by atoms with van der Waals surface area (Å²) < 4.78 is 5.22. The average Bonchev–Trinajstić information content (AvgIpc) is 2.71. The van der Waals surface area contributed by atoms with E-state index in [0.29, 0.717) is 6.54 Å². The predicted molar refractivity (Wildman–Crippen MR) is 64.7 cm³/mol. The standard InChI is InChI=1S/C13H23NO3/c1-11(2,3)17-10(16)14-8-12-5-4-6-13(12,7-12)9-15/h15H,4-9H2,1-3H3,(H,14,16). The second kappa shape index (κ2) is 3.87. The lowest BCUT2D eigenvalue weighted by atomic mass is 9.97. The van der Waals surface area contributed by atoms with Crippen LogP contribution in [0, 0.1) is 10.8 Å². The van der Waals surface area contributed by atoms with Crippen LogP contribution in [-0.4, -0.2) is 30.0 Å². The zero-order valence-corrected chi connectivity index (χ0v) is 11.0. The van der Waals surface area contributed by atoms with Gasteiger partial charge in [-0.05, 0) is 45.4 Å². The van der Waals surface area contributed by atoms with Crippen LogP contribution in [0.1, 0.15) is 46.5 Å². The fourth-order valence-corrected chi connectivity index (χ4v) is 3.27. The van der Waals surface area contributed by atoms with Crippen LogP contribution in [0.3, 0.4) is 0 Å². The molecule has 1 amide bonds. The van der Waals surface area contributed by atoms with E-state index in [1.807, 2.05) is 20.8 Å². The molecule has 0 bridgehead atoms. The number of amides is 1. The number of carbonyl (C=O) groups excluding carboxylic acids is 1. The van der Waals surface area contributed by atoms with Crippen LogP contribution in [0.25, 0.3) is 0 Å². The van der Waals surface area contributed by atoms with E-state index in [1.54, 1.807) is 0 Å². The molecule has 2 fully saturated rings. The SMILES string of the molecule is CC(C)(C)OC(=O)NCC12CCCC1(CO)C2. The molecule has 0 aromatic carbocycles. The van der Waals surface area contributed by atoms with Crippen LogP contribution in [0.2, 0.25) is 0 Å². The molecule has 0 aromatic rings. The molecule has 0 saturated heterocycles. The molecule has 0 spiro atoms. The molecular weight excluding hydrogens is 218 g/mol. The van der Waals surface area contributed by atoms with Gasteiger partial charge in [0.25, 0.3) is 0 Å². The first-order valence-corrected chi connectivity index (χ1v) is 6.40. The summed E-state index contributed by atoms with van der Waals surface area (Å²) in [5.41, 5.74) is -0.199. The van der Waals surface area contributed by atoms with Gasteiger partial charge in [0.2, 0.25) is 0 Å². The summed E-state index contributed by atoms with van der Waals surface area (Å²) in [6.45, 7) is 6.46. The van der Waals surface area contributed by atoms with Crippen molar-refractivity contribution < 1.29 is 14.6 Å². The predicted octanol–water partition coefficient (Wildman–Crippen LogP) is 2.06. The van der Waals surface area contributed by atoms with Gasteiger partial charge in [-0.1, -0.05) is 6.42 Å². The number of nitrogens with one attached hydrogen (secondary N) is 1. The van der Waals surface area contributed by atoms with E-state index in [2.05, 4.69) is 5.32 Å². The minimum absolute atomic E-state index is 0.0992. The monoisotopic (exact) mass is 241 g/mol. The first kappa shape index (κ1) is 12.7. The Morgan fingerprint density at radius 2 is 2.00 bits per heavy atom. The minimum Gasteiger partial charge on any atom is -0.444 e. The van der Waals surface area contributed by atoms with Crippen molar-refractivity contribution in [3.63, 3.8) is 0 Å². The highest BCUT2D eigenvalue weighted by Gasteiger charge is 2.68. The molecule has 0 aliphatic heterocycles. The molecule has 0 heterocycles. The molecule has 2 atom stereocenters. The molecule has 17 heavy (non-hydrogen) atoms. The lowest BCUT2D eigenvalue weighted by molar-refractivity contribution is 0.0509. The molecule has 0 aromatic heterocycles. The fourth-order valence-electron chi connectivity index (χ4n) is 3.27. The summed E-state index contributed by atoms with van der Waals surface area (Å²) in [7, 11) is 0. The molecule has 2 unspecified atom stereocenters. The number of carbonyl (C=O) groups is 1. The number of aliphatic hydroxyl groups excluding tert-OH is 1. The lowest BCUT2D eigenvalue weighted by Gasteiger charge is -2.22. The molecule has 4 heteroatoms. The summed E-state index contributed by atoms with van der Waals surface area (Å²) in [6.07, 6.45) is 4.07. The summed E-state index contributed by atoms with van der Waals surface area (Å²) in [5.74, 6) is 0. The van der Waals surface area contributed by atoms with Gasteiger partial charge in [0.1, 0.15) is 5.60 Å². The van der Waals surface area contributed by atoms with Crippen LogP contribution in [0.15, 0.2) is 0 Å². The number of fused-ring (bicyclic) bond motifs is 1. The van der Waals surface area contributed by atoms with Crippen LogP contribution in [0.4, 0.5) is 4.79 Å². The zero-order valence-electron chi connectivity index (χ0n) is 11.0. The van der Waals surface area contributed by atoms with Gasteiger partial charge in [-0.25, -0.2) is 4.79 Å². The van der Waals surface area contributed by atoms with E-state index in [4.69, 9.17) is 4.74 Å². The van der Waals surface area contributed by atoms with Gasteiger partial charge in [0.05, 0.1) is 0 Å². The second-order valence-corrected chi connectivity index (χ2v) is 6.60. The third-order valence-electron chi connectivity index (χ3n) is 4.26. The number of aliphatic hydroxyl groups is 1. The van der Waals surface area contributed by atoms with E-state index in [1.165, 1.54) is 0 Å². The molecule has 98 valence electrons. The van der Waals surface area contributed by atoms with E-state index < -0.39 is 5.60 Å². The maximum atomic E-state index is 11.6. The van der Waals surface area contributed by atoms with Crippen molar-refractivity contribution in [1.82, 2.24) is 5.32 Å². The smallest absolute Gasteiger partial charge is 0.407 e. The van der Waals surface area contributed by atoms with Crippen molar-refractivity contribution in [1.29, 1.82) is 0 Å². The highest BCUT2D eigenvalue weighted by atomic mass is 16.6. The highest BCUT2D eigenvalue weighted by Crippen LogP contribution is 2.72. The maximum absolute atomic E-state index is 11.6. The first-order chi connectivity index (χ1) is 7.83. The maximum Gasteiger partial charge on any atom is 0.407 e. The lowest BCUT2D eigenvalue weighted by Crippen LogP contribution is -2.36. The highest BCUT2D eigenvalue weighted by molar-refractivity contribution is 5.67. The second-order valence-electron chi connectivity index (χ2n) is 6.60. The van der Waals surface area contributed by atoms with Crippen molar-refractivity contribution in [2.45, 2.75) is 52.1 Å². The minimum atomic E-state index is -0.449. The topological polar surface area (TPSA) is 58.6 Å². The number of alkyl carbamates (subject to hydrolysis) is 1. The molecule has 2 rings (SSSR count). The van der Waals surface area contributed by atoms with Gasteiger partial charge in [-0.2, -0.15) is 0 Å². The molecule has 0 radical (unpaired) electrons. The summed E-state index contributed by atoms with van der Waals surface area (Å²) in [5, 5.41) is 12.3. The molecular formula is C13H23NO3. The Morgan fingerprint density at radius 1 is 1.35 bits per heavy atom. The average molecular weight is 241 g/mol. The van der Waals surface area contributed by atoms with Gasteiger partial charge in [0, 0.05) is 18.6 Å². The van der Waals surface area contributed by atoms with Crippen LogP contribution >= 0.6 is 0 Å². The van der Waals surface area contributed by atoms with Crippen LogP contribution < -0.4 is 5.32 Å². The third kappa shape index (κ3) is 2.28. The Bertz CT molecular complexity index is 323. The Hall–Kier alpha value is -0.770. The third-order valence-corrected chi connectivity index (χ3v) is 4.26. The Balaban J connectivity index is 1.82. The largest absolute Gasteiger partial charge is 0.444 e. The van der Waals surface area contributed by atoms with Crippen molar-refractivity contribution in [3.8, 4) is 0 Å². The van der Waals surface area contributed by atoms with Crippen molar-refractivity contribution in [2.75, 3.05) is 13.2 Å². The Morgan fingerprint density at radius 3 is 2.53 bits per heavy atom. The van der Waals surface area contributed by atoms with Crippen LogP contribution in [-0.2, 0) is 4.74 Å². The van der Waals surface area contributed by atoms with E-state index in [-0.39, 0.29) is 23.5 Å². The Labute approximate surface area is 103 Å². The van der Waals surface area contributed by atoms with E-state index >= 15 is 0 Å². The molecule has 2 aliphatic carbocycles.